The highest BCUT2D eigenvalue weighted by molar-refractivity contribution is 6.05. The lowest BCUT2D eigenvalue weighted by molar-refractivity contribution is -0.136. The third-order valence-electron chi connectivity index (χ3n) is 8.54. The molecule has 12 heteroatoms. The van der Waals surface area contributed by atoms with Crippen LogP contribution in [0, 0.1) is 11.8 Å². The van der Waals surface area contributed by atoms with E-state index in [-0.39, 0.29) is 43.4 Å². The number of piperidine rings is 1. The predicted molar refractivity (Wildman–Crippen MR) is 170 cm³/mol. The molecule has 2 heterocycles. The zero-order valence-corrected chi connectivity index (χ0v) is 26.6. The van der Waals surface area contributed by atoms with Gasteiger partial charge in [-0.2, -0.15) is 0 Å². The molecule has 0 aromatic heterocycles. The van der Waals surface area contributed by atoms with Gasteiger partial charge >= 0.3 is 12.1 Å². The van der Waals surface area contributed by atoms with Gasteiger partial charge in [0.15, 0.2) is 0 Å². The Labute approximate surface area is 268 Å². The quantitative estimate of drug-likeness (QED) is 0.297. The number of hydrogen-bond acceptors (Lipinski definition) is 7. The van der Waals surface area contributed by atoms with E-state index in [9.17, 15) is 24.0 Å². The molecule has 12 nitrogen and oxygen atoms in total. The number of nitrogens with zero attached hydrogens (tertiary/aromatic N) is 1. The summed E-state index contributed by atoms with van der Waals surface area (Å²) in [5.74, 6) is 0.645. The first-order chi connectivity index (χ1) is 21.9. The minimum atomic E-state index is -0.664. The van der Waals surface area contributed by atoms with Gasteiger partial charge in [-0.3, -0.25) is 19.7 Å². The maximum Gasteiger partial charge on any atom is 0.407 e. The molecule has 1 atom stereocenters. The monoisotopic (exact) mass is 633 g/mol. The predicted octanol–water partition coefficient (Wildman–Crippen LogP) is 4.48. The fourth-order valence-electron chi connectivity index (χ4n) is 6.09. The topological polar surface area (TPSA) is 155 Å². The number of hydrogen-bond donors (Lipinski definition) is 4. The third kappa shape index (κ3) is 8.76. The number of ether oxygens (including phenoxy) is 2. The van der Waals surface area contributed by atoms with Crippen molar-refractivity contribution in [2.45, 2.75) is 84.0 Å². The molecular formula is C34H43N5O7. The minimum absolute atomic E-state index is 0.205. The van der Waals surface area contributed by atoms with Crippen LogP contribution in [0.15, 0.2) is 42.5 Å². The molecule has 3 aliphatic rings. The lowest BCUT2D eigenvalue weighted by Gasteiger charge is -2.29. The third-order valence-corrected chi connectivity index (χ3v) is 8.54. The number of nitrogens with one attached hydrogen (secondary N) is 4. The van der Waals surface area contributed by atoms with E-state index in [0.29, 0.717) is 42.7 Å². The number of amides is 6. The van der Waals surface area contributed by atoms with Crippen molar-refractivity contribution in [2.75, 3.05) is 18.5 Å². The number of anilines is 1. The van der Waals surface area contributed by atoms with Gasteiger partial charge in [-0.1, -0.05) is 12.1 Å². The fraction of sp³-hybridized carbons (Fsp3) is 0.500. The van der Waals surface area contributed by atoms with Crippen LogP contribution in [-0.4, -0.2) is 59.5 Å². The van der Waals surface area contributed by atoms with Crippen molar-refractivity contribution in [3.63, 3.8) is 0 Å². The number of carbonyl (C=O) groups excluding carboxylic acids is 5. The van der Waals surface area contributed by atoms with Crippen LogP contribution in [0.25, 0.3) is 0 Å². The van der Waals surface area contributed by atoms with E-state index in [1.807, 2.05) is 39.0 Å². The summed E-state index contributed by atoms with van der Waals surface area (Å²) in [5, 5.41) is 10.8. The molecule has 1 saturated carbocycles. The Bertz CT molecular complexity index is 1460. The Morgan fingerprint density at radius 1 is 0.935 bits per heavy atom. The molecule has 6 amide bonds. The average Bonchev–Trinajstić information content (AvgIpc) is 3.33. The number of carbonyl (C=O) groups is 5. The van der Waals surface area contributed by atoms with Gasteiger partial charge in [0.05, 0.1) is 6.61 Å². The largest absolute Gasteiger partial charge is 0.493 e. The Kier molecular flexibility index (Phi) is 10.1. The molecule has 2 aromatic carbocycles. The second-order valence-corrected chi connectivity index (χ2v) is 13.3. The molecule has 5 rings (SSSR count). The number of rotatable bonds is 9. The number of alkyl carbamates (subject to hydrolysis) is 1. The van der Waals surface area contributed by atoms with E-state index in [2.05, 4.69) is 21.3 Å². The molecule has 1 aliphatic carbocycles. The fourth-order valence-corrected chi connectivity index (χ4v) is 6.09. The van der Waals surface area contributed by atoms with E-state index in [1.165, 1.54) is 4.90 Å². The van der Waals surface area contributed by atoms with Crippen LogP contribution < -0.4 is 26.0 Å². The van der Waals surface area contributed by atoms with Crippen molar-refractivity contribution in [3.05, 3.63) is 59.2 Å². The molecule has 0 spiro atoms. The van der Waals surface area contributed by atoms with E-state index >= 15 is 0 Å². The lowest BCUT2D eigenvalue weighted by Crippen LogP contribution is -2.52. The first-order valence-corrected chi connectivity index (χ1v) is 15.9. The summed E-state index contributed by atoms with van der Waals surface area (Å²) < 4.78 is 11.3. The standard InChI is InChI=1S/C34H43N5O7/c1-34(2,3)46-33(44)36-17-21-4-6-22(7-5-21)20-45-26-11-9-25(10-12-26)37-32(43)35-18-23-8-13-27-24(16-23)19-39(31(27)42)28-14-15-29(40)38-30(28)41/h8-13,16,21-22,28H,4-7,14-15,17-20H2,1-3H3,(H,36,44)(H2,35,37,43)(H,38,40,41). The summed E-state index contributed by atoms with van der Waals surface area (Å²) in [4.78, 5) is 62.6. The molecule has 2 aliphatic heterocycles. The summed E-state index contributed by atoms with van der Waals surface area (Å²) in [5.41, 5.74) is 2.26. The summed E-state index contributed by atoms with van der Waals surface area (Å²) in [6.07, 6.45) is 4.30. The maximum atomic E-state index is 12.9. The zero-order chi connectivity index (χ0) is 32.8. The van der Waals surface area contributed by atoms with Gasteiger partial charge in [-0.15, -0.1) is 0 Å². The Morgan fingerprint density at radius 3 is 2.35 bits per heavy atom. The first kappa shape index (κ1) is 32.8. The van der Waals surface area contributed by atoms with Gasteiger partial charge in [-0.05, 0) is 106 Å². The van der Waals surface area contributed by atoms with Gasteiger partial charge in [0.1, 0.15) is 17.4 Å². The van der Waals surface area contributed by atoms with Crippen LogP contribution in [0.5, 0.6) is 5.75 Å². The SMILES string of the molecule is CC(C)(C)OC(=O)NCC1CCC(COc2ccc(NC(=O)NCc3ccc4c(c3)CN(C3CCC(=O)NC3=O)C4=O)cc2)CC1. The molecule has 2 aromatic rings. The van der Waals surface area contributed by atoms with Gasteiger partial charge in [0, 0.05) is 37.3 Å². The maximum absolute atomic E-state index is 12.9. The number of imide groups is 1. The van der Waals surface area contributed by atoms with Crippen LogP contribution in [-0.2, 0) is 27.4 Å². The molecule has 246 valence electrons. The molecule has 1 unspecified atom stereocenters. The van der Waals surface area contributed by atoms with E-state index in [0.717, 1.165) is 42.6 Å². The molecule has 0 bridgehead atoms. The van der Waals surface area contributed by atoms with Crippen LogP contribution in [0.1, 0.15) is 80.8 Å². The Balaban J connectivity index is 1.00. The van der Waals surface area contributed by atoms with Gasteiger partial charge in [-0.25, -0.2) is 9.59 Å². The lowest BCUT2D eigenvalue weighted by atomic mass is 9.82. The van der Waals surface area contributed by atoms with Crippen LogP contribution in [0.3, 0.4) is 0 Å². The van der Waals surface area contributed by atoms with Crippen molar-refractivity contribution in [1.29, 1.82) is 0 Å². The zero-order valence-electron chi connectivity index (χ0n) is 26.6. The van der Waals surface area contributed by atoms with Crippen molar-refractivity contribution in [3.8, 4) is 5.75 Å². The van der Waals surface area contributed by atoms with Crippen molar-refractivity contribution >= 4 is 35.5 Å². The Morgan fingerprint density at radius 2 is 1.65 bits per heavy atom. The Hall–Kier alpha value is -4.61. The average molecular weight is 634 g/mol. The summed E-state index contributed by atoms with van der Waals surface area (Å²) in [7, 11) is 0. The molecule has 4 N–H and O–H groups in total. The van der Waals surface area contributed by atoms with E-state index < -0.39 is 17.6 Å². The molecular weight excluding hydrogens is 590 g/mol. The minimum Gasteiger partial charge on any atom is -0.493 e. The second-order valence-electron chi connectivity index (χ2n) is 13.3. The highest BCUT2D eigenvalue weighted by Gasteiger charge is 2.39. The van der Waals surface area contributed by atoms with Gasteiger partial charge in [0.2, 0.25) is 11.8 Å². The smallest absolute Gasteiger partial charge is 0.407 e. The van der Waals surface area contributed by atoms with Gasteiger partial charge in [0.25, 0.3) is 5.91 Å². The summed E-state index contributed by atoms with van der Waals surface area (Å²) in [6, 6.07) is 11.6. The van der Waals surface area contributed by atoms with Crippen molar-refractivity contribution in [1.82, 2.24) is 20.9 Å². The highest BCUT2D eigenvalue weighted by Crippen LogP contribution is 2.30. The van der Waals surface area contributed by atoms with Crippen molar-refractivity contribution < 1.29 is 33.4 Å². The summed E-state index contributed by atoms with van der Waals surface area (Å²) >= 11 is 0. The highest BCUT2D eigenvalue weighted by atomic mass is 16.6. The van der Waals surface area contributed by atoms with Crippen LogP contribution in [0.4, 0.5) is 15.3 Å². The summed E-state index contributed by atoms with van der Waals surface area (Å²) in [6.45, 7) is 7.35. The number of urea groups is 1. The van der Waals surface area contributed by atoms with Gasteiger partial charge < -0.3 is 30.3 Å². The normalized spacial score (nSPS) is 21.2. The van der Waals surface area contributed by atoms with E-state index in [1.54, 1.807) is 24.3 Å². The second kappa shape index (κ2) is 14.2. The number of benzene rings is 2. The van der Waals surface area contributed by atoms with Crippen LogP contribution >= 0.6 is 0 Å². The van der Waals surface area contributed by atoms with Crippen LogP contribution in [0.2, 0.25) is 0 Å². The molecule has 0 radical (unpaired) electrons. The first-order valence-electron chi connectivity index (χ1n) is 15.9. The van der Waals surface area contributed by atoms with E-state index in [4.69, 9.17) is 9.47 Å². The number of fused-ring (bicyclic) bond motifs is 1. The molecule has 1 saturated heterocycles. The molecule has 2 fully saturated rings. The van der Waals surface area contributed by atoms with Crippen molar-refractivity contribution in [2.24, 2.45) is 11.8 Å². The molecule has 46 heavy (non-hydrogen) atoms.